The molecule has 0 radical (unpaired) electrons. The summed E-state index contributed by atoms with van der Waals surface area (Å²) in [5.74, 6) is 2.24. The van der Waals surface area contributed by atoms with Gasteiger partial charge in [0, 0.05) is 0 Å². The van der Waals surface area contributed by atoms with Crippen molar-refractivity contribution in [2.24, 2.45) is 5.10 Å². The highest BCUT2D eigenvalue weighted by molar-refractivity contribution is 5.83. The predicted octanol–water partition coefficient (Wildman–Crippen LogP) is 5.44. The normalized spacial score (nSPS) is 10.9. The number of nitrogens with one attached hydrogen (secondary N) is 1. The zero-order valence-corrected chi connectivity index (χ0v) is 17.5. The van der Waals surface area contributed by atoms with Crippen molar-refractivity contribution in [1.29, 1.82) is 0 Å². The Balaban J connectivity index is 1.52. The molecule has 30 heavy (non-hydrogen) atoms. The van der Waals surface area contributed by atoms with Gasteiger partial charge in [-0.3, -0.25) is 4.79 Å². The fourth-order valence-electron chi connectivity index (χ4n) is 2.77. The van der Waals surface area contributed by atoms with Crippen LogP contribution in [0.1, 0.15) is 36.5 Å². The maximum Gasteiger partial charge on any atom is 0.277 e. The van der Waals surface area contributed by atoms with Crippen molar-refractivity contribution in [3.63, 3.8) is 0 Å². The van der Waals surface area contributed by atoms with E-state index in [-0.39, 0.29) is 12.5 Å². The van der Waals surface area contributed by atoms with Crippen molar-refractivity contribution in [2.75, 3.05) is 6.61 Å². The standard InChI is InChI=1S/C25H26N2O3/c1-18(2)21-13-12-19(3)24(15-21)29-17-25(28)27-26-16-20-8-7-11-23(14-20)30-22-9-5-4-6-10-22/h4-16,18H,17H2,1-3H3,(H,27,28). The van der Waals surface area contributed by atoms with Crippen LogP contribution in [0.2, 0.25) is 0 Å². The molecular formula is C25H26N2O3. The van der Waals surface area contributed by atoms with Crippen molar-refractivity contribution in [2.45, 2.75) is 26.7 Å². The molecule has 3 aromatic carbocycles. The van der Waals surface area contributed by atoms with E-state index in [4.69, 9.17) is 9.47 Å². The van der Waals surface area contributed by atoms with E-state index in [1.165, 1.54) is 5.56 Å². The summed E-state index contributed by atoms with van der Waals surface area (Å²) in [6, 6.07) is 23.1. The van der Waals surface area contributed by atoms with Crippen molar-refractivity contribution in [1.82, 2.24) is 5.43 Å². The minimum Gasteiger partial charge on any atom is -0.483 e. The molecule has 5 nitrogen and oxygen atoms in total. The summed E-state index contributed by atoms with van der Waals surface area (Å²) in [6.45, 7) is 6.10. The summed E-state index contributed by atoms with van der Waals surface area (Å²) in [4.78, 5) is 12.1. The number of benzene rings is 3. The zero-order valence-electron chi connectivity index (χ0n) is 17.5. The lowest BCUT2D eigenvalue weighted by Crippen LogP contribution is -2.24. The summed E-state index contributed by atoms with van der Waals surface area (Å²) >= 11 is 0. The molecular weight excluding hydrogens is 376 g/mol. The van der Waals surface area contributed by atoms with Crippen LogP contribution in [0.3, 0.4) is 0 Å². The quantitative estimate of drug-likeness (QED) is 0.403. The average molecular weight is 402 g/mol. The molecule has 0 spiro atoms. The van der Waals surface area contributed by atoms with E-state index in [0.717, 1.165) is 16.9 Å². The highest BCUT2D eigenvalue weighted by Crippen LogP contribution is 2.24. The molecule has 0 unspecified atom stereocenters. The van der Waals surface area contributed by atoms with Crippen LogP contribution in [-0.4, -0.2) is 18.7 Å². The fraction of sp³-hybridized carbons (Fsp3) is 0.200. The van der Waals surface area contributed by atoms with Gasteiger partial charge >= 0.3 is 0 Å². The SMILES string of the molecule is Cc1ccc(C(C)C)cc1OCC(=O)NN=Cc1cccc(Oc2ccccc2)c1. The van der Waals surface area contributed by atoms with Gasteiger partial charge in [-0.2, -0.15) is 5.10 Å². The fourth-order valence-corrected chi connectivity index (χ4v) is 2.77. The average Bonchev–Trinajstić information content (AvgIpc) is 2.74. The molecule has 0 heterocycles. The number of amides is 1. The topological polar surface area (TPSA) is 59.9 Å². The second-order valence-electron chi connectivity index (χ2n) is 7.25. The number of hydrazone groups is 1. The molecule has 1 N–H and O–H groups in total. The van der Waals surface area contributed by atoms with Gasteiger partial charge in [-0.1, -0.05) is 56.3 Å². The first-order valence-corrected chi connectivity index (χ1v) is 9.89. The third-order valence-corrected chi connectivity index (χ3v) is 4.48. The third kappa shape index (κ3) is 6.21. The van der Waals surface area contributed by atoms with E-state index >= 15 is 0 Å². The Hall–Kier alpha value is -3.60. The van der Waals surface area contributed by atoms with E-state index in [0.29, 0.717) is 17.4 Å². The highest BCUT2D eigenvalue weighted by atomic mass is 16.5. The number of ether oxygens (including phenoxy) is 2. The van der Waals surface area contributed by atoms with Crippen LogP contribution < -0.4 is 14.9 Å². The van der Waals surface area contributed by atoms with Crippen LogP contribution in [0.25, 0.3) is 0 Å². The van der Waals surface area contributed by atoms with Crippen LogP contribution in [0.5, 0.6) is 17.2 Å². The smallest absolute Gasteiger partial charge is 0.277 e. The summed E-state index contributed by atoms with van der Waals surface area (Å²) in [6.07, 6.45) is 1.57. The third-order valence-electron chi connectivity index (χ3n) is 4.48. The summed E-state index contributed by atoms with van der Waals surface area (Å²) in [7, 11) is 0. The number of para-hydroxylation sites is 1. The van der Waals surface area contributed by atoms with E-state index in [1.807, 2.05) is 73.7 Å². The molecule has 0 fully saturated rings. The molecule has 1 amide bonds. The second-order valence-corrected chi connectivity index (χ2v) is 7.25. The van der Waals surface area contributed by atoms with E-state index < -0.39 is 0 Å². The number of rotatable bonds is 8. The Kier molecular flexibility index (Phi) is 7.22. The molecule has 0 saturated heterocycles. The summed E-state index contributed by atoms with van der Waals surface area (Å²) in [5.41, 5.74) is 5.47. The lowest BCUT2D eigenvalue weighted by Gasteiger charge is -2.12. The summed E-state index contributed by atoms with van der Waals surface area (Å²) in [5, 5.41) is 4.01. The number of carbonyl (C=O) groups is 1. The van der Waals surface area contributed by atoms with Crippen molar-refractivity contribution >= 4 is 12.1 Å². The number of hydrogen-bond donors (Lipinski definition) is 1. The van der Waals surface area contributed by atoms with Crippen LogP contribution >= 0.6 is 0 Å². The molecule has 0 aliphatic rings. The van der Waals surface area contributed by atoms with Crippen LogP contribution in [0.15, 0.2) is 77.9 Å². The van der Waals surface area contributed by atoms with Crippen molar-refractivity contribution < 1.29 is 14.3 Å². The van der Waals surface area contributed by atoms with Crippen molar-refractivity contribution in [3.05, 3.63) is 89.5 Å². The zero-order chi connectivity index (χ0) is 21.3. The Bertz CT molecular complexity index is 1010. The molecule has 3 rings (SSSR count). The second kappa shape index (κ2) is 10.3. The maximum atomic E-state index is 12.1. The van der Waals surface area contributed by atoms with Crippen LogP contribution in [0, 0.1) is 6.92 Å². The number of aryl methyl sites for hydroxylation is 1. The molecule has 154 valence electrons. The van der Waals surface area contributed by atoms with E-state index in [2.05, 4.69) is 30.4 Å². The molecule has 0 atom stereocenters. The maximum absolute atomic E-state index is 12.1. The van der Waals surface area contributed by atoms with Gasteiger partial charge in [0.25, 0.3) is 5.91 Å². The molecule has 0 aromatic heterocycles. The molecule has 0 aliphatic heterocycles. The van der Waals surface area contributed by atoms with Gasteiger partial charge in [0.05, 0.1) is 6.21 Å². The van der Waals surface area contributed by atoms with Gasteiger partial charge < -0.3 is 9.47 Å². The molecule has 0 aliphatic carbocycles. The number of carbonyl (C=O) groups excluding carboxylic acids is 1. The molecule has 3 aromatic rings. The van der Waals surface area contributed by atoms with Crippen molar-refractivity contribution in [3.8, 4) is 17.2 Å². The molecule has 0 bridgehead atoms. The Morgan fingerprint density at radius 2 is 1.77 bits per heavy atom. The van der Waals surface area contributed by atoms with Gasteiger partial charge in [-0.15, -0.1) is 0 Å². The van der Waals surface area contributed by atoms with Gasteiger partial charge in [-0.25, -0.2) is 5.43 Å². The first-order valence-electron chi connectivity index (χ1n) is 9.89. The van der Waals surface area contributed by atoms with Crippen LogP contribution in [0.4, 0.5) is 0 Å². The Morgan fingerprint density at radius 3 is 2.53 bits per heavy atom. The first kappa shape index (κ1) is 21.1. The molecule has 5 heteroatoms. The largest absolute Gasteiger partial charge is 0.483 e. The monoisotopic (exact) mass is 402 g/mol. The highest BCUT2D eigenvalue weighted by Gasteiger charge is 2.07. The first-order chi connectivity index (χ1) is 14.5. The Morgan fingerprint density at radius 1 is 1.00 bits per heavy atom. The Labute approximate surface area is 177 Å². The minimum absolute atomic E-state index is 0.100. The van der Waals surface area contributed by atoms with E-state index in [1.54, 1.807) is 6.21 Å². The van der Waals surface area contributed by atoms with Gasteiger partial charge in [0.2, 0.25) is 0 Å². The lowest BCUT2D eigenvalue weighted by atomic mass is 10.0. The van der Waals surface area contributed by atoms with Gasteiger partial charge in [0.15, 0.2) is 6.61 Å². The number of hydrogen-bond acceptors (Lipinski definition) is 4. The van der Waals surface area contributed by atoms with E-state index in [9.17, 15) is 4.79 Å². The molecule has 0 saturated carbocycles. The summed E-state index contributed by atoms with van der Waals surface area (Å²) < 4.78 is 11.5. The predicted molar refractivity (Wildman–Crippen MR) is 119 cm³/mol. The van der Waals surface area contributed by atoms with Crippen LogP contribution in [-0.2, 0) is 4.79 Å². The number of nitrogens with zero attached hydrogens (tertiary/aromatic N) is 1. The van der Waals surface area contributed by atoms with Gasteiger partial charge in [0.1, 0.15) is 17.2 Å². The van der Waals surface area contributed by atoms with Gasteiger partial charge in [-0.05, 0) is 59.9 Å². The lowest BCUT2D eigenvalue weighted by molar-refractivity contribution is -0.123. The minimum atomic E-state index is -0.322.